The van der Waals surface area contributed by atoms with Crippen LogP contribution in [0.2, 0.25) is 10.0 Å². The van der Waals surface area contributed by atoms with Gasteiger partial charge in [0, 0.05) is 25.2 Å². The molecule has 144 valence electrons. The number of fused-ring (bicyclic) bond motifs is 1. The van der Waals surface area contributed by atoms with Crippen LogP contribution in [0.15, 0.2) is 23.0 Å². The first kappa shape index (κ1) is 19.7. The van der Waals surface area contributed by atoms with Gasteiger partial charge in [0.25, 0.3) is 5.56 Å². The standard InChI is InChI=1S/C12H16N4O2.C7H6Cl2/c1-13-12-14-10-6-15(7-17)5-4-9(10)11(18)16(12)8-2-3-8;1-5-2-3-6(8)7(9)4-5/h7-8H,2-6H2,1H3,(H,13,14);2-4H,1H3. The van der Waals surface area contributed by atoms with E-state index in [1.165, 1.54) is 0 Å². The summed E-state index contributed by atoms with van der Waals surface area (Å²) < 4.78 is 1.77. The van der Waals surface area contributed by atoms with Gasteiger partial charge in [-0.05, 0) is 43.9 Å². The zero-order chi connectivity index (χ0) is 19.6. The molecule has 1 aromatic carbocycles. The van der Waals surface area contributed by atoms with E-state index in [9.17, 15) is 9.59 Å². The van der Waals surface area contributed by atoms with Gasteiger partial charge in [0.2, 0.25) is 12.4 Å². The molecule has 8 heteroatoms. The Kier molecular flexibility index (Phi) is 6.07. The summed E-state index contributed by atoms with van der Waals surface area (Å²) in [6.07, 6.45) is 3.53. The molecule has 27 heavy (non-hydrogen) atoms. The minimum atomic E-state index is 0.0670. The summed E-state index contributed by atoms with van der Waals surface area (Å²) in [5.74, 6) is 0.619. The second-order valence-electron chi connectivity index (χ2n) is 6.76. The number of nitrogens with one attached hydrogen (secondary N) is 1. The number of hydrogen-bond donors (Lipinski definition) is 1. The Hall–Kier alpha value is -2.05. The molecule has 6 nitrogen and oxygen atoms in total. The van der Waals surface area contributed by atoms with Gasteiger partial charge in [0.05, 0.1) is 22.3 Å². The van der Waals surface area contributed by atoms with Crippen LogP contribution in [0.4, 0.5) is 5.95 Å². The quantitative estimate of drug-likeness (QED) is 0.789. The first-order valence-electron chi connectivity index (χ1n) is 8.87. The van der Waals surface area contributed by atoms with Crippen molar-refractivity contribution in [3.63, 3.8) is 0 Å². The molecule has 2 heterocycles. The first-order chi connectivity index (χ1) is 12.9. The van der Waals surface area contributed by atoms with Gasteiger partial charge in [-0.3, -0.25) is 14.2 Å². The average Bonchev–Trinajstić information content (AvgIpc) is 3.49. The summed E-state index contributed by atoms with van der Waals surface area (Å²) in [7, 11) is 1.77. The third kappa shape index (κ3) is 4.45. The zero-order valence-electron chi connectivity index (χ0n) is 15.3. The summed E-state index contributed by atoms with van der Waals surface area (Å²) >= 11 is 11.3. The van der Waals surface area contributed by atoms with E-state index in [0.29, 0.717) is 41.5 Å². The van der Waals surface area contributed by atoms with E-state index in [-0.39, 0.29) is 5.56 Å². The lowest BCUT2D eigenvalue weighted by atomic mass is 10.1. The number of aromatic nitrogens is 2. The highest BCUT2D eigenvalue weighted by molar-refractivity contribution is 6.41. The van der Waals surface area contributed by atoms with Crippen molar-refractivity contribution in [2.24, 2.45) is 0 Å². The van der Waals surface area contributed by atoms with Crippen molar-refractivity contribution in [1.29, 1.82) is 0 Å². The smallest absolute Gasteiger partial charge is 0.258 e. The van der Waals surface area contributed by atoms with E-state index in [2.05, 4.69) is 10.3 Å². The fraction of sp³-hybridized carbons (Fsp3) is 0.421. The van der Waals surface area contributed by atoms with E-state index in [0.717, 1.165) is 36.1 Å². The van der Waals surface area contributed by atoms with Crippen LogP contribution in [-0.4, -0.2) is 34.5 Å². The van der Waals surface area contributed by atoms with Crippen LogP contribution < -0.4 is 10.9 Å². The largest absolute Gasteiger partial charge is 0.359 e. The van der Waals surface area contributed by atoms with E-state index in [1.54, 1.807) is 22.6 Å². The SMILES string of the molecule is CNc1nc2c(c(=O)n1C1CC1)CCN(C=O)C2.Cc1ccc(Cl)c(Cl)c1. The van der Waals surface area contributed by atoms with Gasteiger partial charge < -0.3 is 10.2 Å². The predicted octanol–water partition coefficient (Wildman–Crippen LogP) is 3.44. The number of amides is 1. The topological polar surface area (TPSA) is 67.2 Å². The van der Waals surface area contributed by atoms with Crippen LogP contribution in [0.1, 0.15) is 35.7 Å². The highest BCUT2D eigenvalue weighted by Gasteiger charge is 2.30. The van der Waals surface area contributed by atoms with Gasteiger partial charge >= 0.3 is 0 Å². The molecule has 1 aliphatic carbocycles. The normalized spacial score (nSPS) is 15.5. The molecule has 0 spiro atoms. The van der Waals surface area contributed by atoms with Crippen LogP contribution >= 0.6 is 23.2 Å². The molecule has 1 fully saturated rings. The highest BCUT2D eigenvalue weighted by Crippen LogP contribution is 2.35. The second-order valence-corrected chi connectivity index (χ2v) is 7.57. The third-order valence-corrected chi connectivity index (χ3v) is 5.40. The fourth-order valence-corrected chi connectivity index (χ4v) is 3.41. The summed E-state index contributed by atoms with van der Waals surface area (Å²) in [4.78, 5) is 29.4. The molecule has 1 amide bonds. The number of benzene rings is 1. The first-order valence-corrected chi connectivity index (χ1v) is 9.63. The molecule has 0 unspecified atom stereocenters. The Balaban J connectivity index is 0.000000197. The van der Waals surface area contributed by atoms with Crippen LogP contribution in [0.3, 0.4) is 0 Å². The Morgan fingerprint density at radius 3 is 2.56 bits per heavy atom. The lowest BCUT2D eigenvalue weighted by Crippen LogP contribution is -2.37. The van der Waals surface area contributed by atoms with Gasteiger partial charge in [0.1, 0.15) is 0 Å². The number of halogens is 2. The molecular weight excluding hydrogens is 387 g/mol. The Bertz CT molecular complexity index is 909. The number of rotatable bonds is 3. The van der Waals surface area contributed by atoms with E-state index < -0.39 is 0 Å². The summed E-state index contributed by atoms with van der Waals surface area (Å²) in [6.45, 7) is 3.02. The number of nitrogens with zero attached hydrogens (tertiary/aromatic N) is 3. The van der Waals surface area contributed by atoms with E-state index >= 15 is 0 Å². The molecule has 4 rings (SSSR count). The van der Waals surface area contributed by atoms with Crippen LogP contribution in [-0.2, 0) is 17.8 Å². The van der Waals surface area contributed by atoms with Crippen LogP contribution in [0.25, 0.3) is 0 Å². The lowest BCUT2D eigenvalue weighted by molar-refractivity contribution is -0.119. The molecule has 0 saturated heterocycles. The molecule has 0 bridgehead atoms. The molecule has 1 aromatic heterocycles. The third-order valence-electron chi connectivity index (χ3n) is 4.66. The number of carbonyl (C=O) groups is 1. The summed E-state index contributed by atoms with van der Waals surface area (Å²) in [6, 6.07) is 5.86. The van der Waals surface area contributed by atoms with Crippen molar-refractivity contribution in [3.8, 4) is 0 Å². The summed E-state index contributed by atoms with van der Waals surface area (Å²) in [5, 5.41) is 4.22. The van der Waals surface area contributed by atoms with Crippen molar-refractivity contribution in [3.05, 3.63) is 55.4 Å². The molecule has 1 saturated carbocycles. The average molecular weight is 409 g/mol. The second kappa shape index (κ2) is 8.31. The predicted molar refractivity (Wildman–Crippen MR) is 108 cm³/mol. The monoisotopic (exact) mass is 408 g/mol. The molecule has 2 aromatic rings. The van der Waals surface area contributed by atoms with Crippen molar-refractivity contribution in [1.82, 2.24) is 14.5 Å². The molecule has 0 radical (unpaired) electrons. The lowest BCUT2D eigenvalue weighted by Gasteiger charge is -2.25. The molecule has 1 N–H and O–H groups in total. The van der Waals surface area contributed by atoms with Crippen LogP contribution in [0.5, 0.6) is 0 Å². The maximum atomic E-state index is 12.4. The van der Waals surface area contributed by atoms with Gasteiger partial charge in [-0.1, -0.05) is 29.3 Å². The minimum Gasteiger partial charge on any atom is -0.359 e. The Labute approximate surface area is 168 Å². The van der Waals surface area contributed by atoms with Crippen molar-refractivity contribution < 1.29 is 4.79 Å². The minimum absolute atomic E-state index is 0.0670. The zero-order valence-corrected chi connectivity index (χ0v) is 16.8. The van der Waals surface area contributed by atoms with E-state index in [4.69, 9.17) is 23.2 Å². The maximum absolute atomic E-state index is 12.4. The maximum Gasteiger partial charge on any atom is 0.258 e. The van der Waals surface area contributed by atoms with Gasteiger partial charge in [-0.15, -0.1) is 0 Å². The van der Waals surface area contributed by atoms with E-state index in [1.807, 2.05) is 19.1 Å². The van der Waals surface area contributed by atoms with Crippen LogP contribution in [0, 0.1) is 6.92 Å². The van der Waals surface area contributed by atoms with Gasteiger partial charge in [0.15, 0.2) is 0 Å². The van der Waals surface area contributed by atoms with Crippen molar-refractivity contribution in [2.75, 3.05) is 18.9 Å². The number of anilines is 1. The number of carbonyl (C=O) groups excluding carboxylic acids is 1. The van der Waals surface area contributed by atoms with Gasteiger partial charge in [-0.2, -0.15) is 0 Å². The Morgan fingerprint density at radius 2 is 2.00 bits per heavy atom. The Morgan fingerprint density at radius 1 is 1.26 bits per heavy atom. The molecule has 0 atom stereocenters. The molecule has 1 aliphatic heterocycles. The summed E-state index contributed by atoms with van der Waals surface area (Å²) in [5.41, 5.74) is 2.71. The van der Waals surface area contributed by atoms with Gasteiger partial charge in [-0.25, -0.2) is 4.98 Å². The highest BCUT2D eigenvalue weighted by atomic mass is 35.5. The molecule has 2 aliphatic rings. The van der Waals surface area contributed by atoms with Crippen molar-refractivity contribution in [2.45, 2.75) is 38.8 Å². The fourth-order valence-electron chi connectivity index (χ4n) is 3.06. The number of aryl methyl sites for hydroxylation is 1. The molecular formula is C19H22Cl2N4O2. The number of hydrogen-bond acceptors (Lipinski definition) is 4. The van der Waals surface area contributed by atoms with Crippen molar-refractivity contribution >= 4 is 35.6 Å².